The zero-order valence-corrected chi connectivity index (χ0v) is 12.3. The Labute approximate surface area is 119 Å². The number of ether oxygens (including phenoxy) is 1. The van der Waals surface area contributed by atoms with Crippen molar-refractivity contribution >= 4 is 11.8 Å². The first-order valence-electron chi connectivity index (χ1n) is 7.33. The van der Waals surface area contributed by atoms with Crippen molar-refractivity contribution in [2.75, 3.05) is 0 Å². The van der Waals surface area contributed by atoms with Crippen molar-refractivity contribution in [2.45, 2.75) is 58.2 Å². The van der Waals surface area contributed by atoms with Crippen LogP contribution in [0.4, 0.5) is 0 Å². The van der Waals surface area contributed by atoms with Crippen LogP contribution < -0.4 is 0 Å². The van der Waals surface area contributed by atoms with Gasteiger partial charge < -0.3 is 9.84 Å². The number of carbonyl (C=O) groups is 2. The van der Waals surface area contributed by atoms with E-state index in [0.29, 0.717) is 12.8 Å². The Morgan fingerprint density at radius 3 is 2.60 bits per heavy atom. The smallest absolute Gasteiger partial charge is 0.331 e. The summed E-state index contributed by atoms with van der Waals surface area (Å²) in [5, 5.41) is 10.7. The molecule has 0 aromatic carbocycles. The average molecular weight is 278 g/mol. The third kappa shape index (κ3) is 1.57. The number of hydrogen-bond acceptors (Lipinski definition) is 4. The van der Waals surface area contributed by atoms with Gasteiger partial charge in [0.15, 0.2) is 0 Å². The van der Waals surface area contributed by atoms with E-state index in [1.54, 1.807) is 6.08 Å². The molecule has 2 aliphatic carbocycles. The molecule has 4 nitrogen and oxygen atoms in total. The van der Waals surface area contributed by atoms with Crippen molar-refractivity contribution < 1.29 is 19.4 Å². The first-order valence-corrected chi connectivity index (χ1v) is 7.33. The Kier molecular flexibility index (Phi) is 2.72. The van der Waals surface area contributed by atoms with Crippen LogP contribution in [0.1, 0.15) is 46.5 Å². The van der Waals surface area contributed by atoms with Gasteiger partial charge in [-0.15, -0.1) is 0 Å². The molecule has 1 heterocycles. The second kappa shape index (κ2) is 3.94. The molecule has 0 amide bonds. The summed E-state index contributed by atoms with van der Waals surface area (Å²) < 4.78 is 5.57. The molecule has 0 aromatic heterocycles. The Bertz CT molecular complexity index is 507. The highest BCUT2D eigenvalue weighted by Crippen LogP contribution is 2.62. The fourth-order valence-corrected chi connectivity index (χ4v) is 4.71. The molecule has 4 heteroatoms. The van der Waals surface area contributed by atoms with Crippen LogP contribution in [-0.4, -0.2) is 28.6 Å². The number of aliphatic hydroxyl groups is 1. The van der Waals surface area contributed by atoms with E-state index in [4.69, 9.17) is 4.74 Å². The van der Waals surface area contributed by atoms with E-state index in [0.717, 1.165) is 6.42 Å². The molecule has 20 heavy (non-hydrogen) atoms. The van der Waals surface area contributed by atoms with Gasteiger partial charge in [-0.2, -0.15) is 0 Å². The van der Waals surface area contributed by atoms with Crippen LogP contribution in [0.3, 0.4) is 0 Å². The lowest BCUT2D eigenvalue weighted by Crippen LogP contribution is -2.65. The third-order valence-electron chi connectivity index (χ3n) is 6.00. The van der Waals surface area contributed by atoms with Gasteiger partial charge in [-0.1, -0.05) is 20.8 Å². The fourth-order valence-electron chi connectivity index (χ4n) is 4.71. The van der Waals surface area contributed by atoms with Crippen molar-refractivity contribution in [1.29, 1.82) is 0 Å². The molecular formula is C16H22O4. The van der Waals surface area contributed by atoms with E-state index in [1.807, 2.05) is 6.92 Å². The zero-order valence-electron chi connectivity index (χ0n) is 12.3. The molecule has 0 radical (unpaired) electrons. The standard InChI is InChI=1S/C16H22O4/c1-14(2)6-4-12(18)15(3)11(14)8-10(17)9-16(15)7-5-13(19)20-16/h5,7,11-12,18H,4,6,8-9H2,1-3H3. The molecule has 3 aliphatic rings. The normalized spacial score (nSPS) is 46.4. The lowest BCUT2D eigenvalue weighted by molar-refractivity contribution is -0.217. The SMILES string of the molecule is CC1(C)CCC(O)C2(C)C1CC(=O)CC21C=CC(=O)O1. The van der Waals surface area contributed by atoms with Crippen LogP contribution in [0.15, 0.2) is 12.2 Å². The number of hydrogen-bond donors (Lipinski definition) is 1. The van der Waals surface area contributed by atoms with Gasteiger partial charge in [-0.25, -0.2) is 4.79 Å². The molecule has 1 N–H and O–H groups in total. The molecule has 0 aromatic rings. The van der Waals surface area contributed by atoms with Crippen molar-refractivity contribution in [3.05, 3.63) is 12.2 Å². The summed E-state index contributed by atoms with van der Waals surface area (Å²) in [7, 11) is 0. The van der Waals surface area contributed by atoms with Crippen LogP contribution in [0.2, 0.25) is 0 Å². The van der Waals surface area contributed by atoms with Crippen molar-refractivity contribution in [3.63, 3.8) is 0 Å². The quantitative estimate of drug-likeness (QED) is 0.688. The maximum atomic E-state index is 12.2. The molecule has 0 bridgehead atoms. The van der Waals surface area contributed by atoms with Crippen LogP contribution in [-0.2, 0) is 14.3 Å². The Balaban J connectivity index is 2.14. The van der Waals surface area contributed by atoms with Gasteiger partial charge in [0.2, 0.25) is 0 Å². The average Bonchev–Trinajstić information content (AvgIpc) is 2.72. The first kappa shape index (κ1) is 13.8. The molecule has 0 saturated heterocycles. The van der Waals surface area contributed by atoms with E-state index >= 15 is 0 Å². The minimum Gasteiger partial charge on any atom is -0.450 e. The van der Waals surface area contributed by atoms with Gasteiger partial charge in [-0.3, -0.25) is 4.79 Å². The highest BCUT2D eigenvalue weighted by atomic mass is 16.6. The van der Waals surface area contributed by atoms with Crippen LogP contribution in [0, 0.1) is 16.7 Å². The van der Waals surface area contributed by atoms with Gasteiger partial charge in [0, 0.05) is 17.9 Å². The summed E-state index contributed by atoms with van der Waals surface area (Å²) in [6, 6.07) is 0. The molecule has 1 spiro atoms. The number of rotatable bonds is 0. The number of Topliss-reactive ketones (excluding diaryl/α,β-unsaturated/α-hetero) is 1. The van der Waals surface area contributed by atoms with Crippen molar-refractivity contribution in [2.24, 2.45) is 16.7 Å². The highest BCUT2D eigenvalue weighted by Gasteiger charge is 2.67. The third-order valence-corrected chi connectivity index (χ3v) is 6.00. The Morgan fingerprint density at radius 1 is 1.30 bits per heavy atom. The largest absolute Gasteiger partial charge is 0.450 e. The monoisotopic (exact) mass is 278 g/mol. The van der Waals surface area contributed by atoms with Gasteiger partial charge in [0.25, 0.3) is 0 Å². The van der Waals surface area contributed by atoms with Crippen LogP contribution in [0.25, 0.3) is 0 Å². The fraction of sp³-hybridized carbons (Fsp3) is 0.750. The molecular weight excluding hydrogens is 256 g/mol. The van der Waals surface area contributed by atoms with Gasteiger partial charge in [-0.05, 0) is 30.3 Å². The van der Waals surface area contributed by atoms with Crippen molar-refractivity contribution in [3.8, 4) is 0 Å². The zero-order chi connectivity index (χ0) is 14.8. The number of esters is 1. The van der Waals surface area contributed by atoms with Crippen LogP contribution >= 0.6 is 0 Å². The molecule has 110 valence electrons. The number of carbonyl (C=O) groups excluding carboxylic acids is 2. The molecule has 4 unspecified atom stereocenters. The molecule has 3 rings (SSSR count). The molecule has 1 aliphatic heterocycles. The van der Waals surface area contributed by atoms with E-state index in [9.17, 15) is 14.7 Å². The van der Waals surface area contributed by atoms with E-state index in [-0.39, 0.29) is 23.5 Å². The first-order chi connectivity index (χ1) is 9.21. The van der Waals surface area contributed by atoms with E-state index < -0.39 is 23.1 Å². The lowest BCUT2D eigenvalue weighted by atomic mass is 9.45. The topological polar surface area (TPSA) is 63.6 Å². The number of fused-ring (bicyclic) bond motifs is 2. The van der Waals surface area contributed by atoms with Gasteiger partial charge >= 0.3 is 5.97 Å². The molecule has 2 saturated carbocycles. The van der Waals surface area contributed by atoms with Gasteiger partial charge in [0.1, 0.15) is 11.4 Å². The summed E-state index contributed by atoms with van der Waals surface area (Å²) in [6.45, 7) is 6.28. The minimum absolute atomic E-state index is 0.0237. The Morgan fingerprint density at radius 2 is 2.00 bits per heavy atom. The summed E-state index contributed by atoms with van der Waals surface area (Å²) >= 11 is 0. The second-order valence-electron chi connectivity index (χ2n) is 7.44. The summed E-state index contributed by atoms with van der Waals surface area (Å²) in [4.78, 5) is 23.8. The summed E-state index contributed by atoms with van der Waals surface area (Å²) in [6.07, 6.45) is 4.78. The predicted molar refractivity (Wildman–Crippen MR) is 72.8 cm³/mol. The number of ketones is 1. The Hall–Kier alpha value is -1.16. The van der Waals surface area contributed by atoms with E-state index in [2.05, 4.69) is 13.8 Å². The molecule has 4 atom stereocenters. The minimum atomic E-state index is -0.957. The van der Waals surface area contributed by atoms with E-state index in [1.165, 1.54) is 6.08 Å². The summed E-state index contributed by atoms with van der Waals surface area (Å²) in [5.74, 6) is -0.264. The van der Waals surface area contributed by atoms with Gasteiger partial charge in [0.05, 0.1) is 12.5 Å². The maximum Gasteiger partial charge on any atom is 0.331 e. The second-order valence-corrected chi connectivity index (χ2v) is 7.44. The number of aliphatic hydroxyl groups excluding tert-OH is 1. The molecule has 2 fully saturated rings. The summed E-state index contributed by atoms with van der Waals surface area (Å²) in [5.41, 5.74) is -1.59. The lowest BCUT2D eigenvalue weighted by Gasteiger charge is -2.61. The van der Waals surface area contributed by atoms with Crippen molar-refractivity contribution in [1.82, 2.24) is 0 Å². The highest BCUT2D eigenvalue weighted by molar-refractivity contribution is 5.89. The predicted octanol–water partition coefficient (Wildman–Crippen LogP) is 2.00. The van der Waals surface area contributed by atoms with Crippen LogP contribution in [0.5, 0.6) is 0 Å². The maximum absolute atomic E-state index is 12.2.